The first-order valence-corrected chi connectivity index (χ1v) is 2.99. The highest BCUT2D eigenvalue weighted by molar-refractivity contribution is 7.20. The molecule has 42 valence electrons. The molecule has 0 aliphatic heterocycles. The van der Waals surface area contributed by atoms with Gasteiger partial charge in [-0.2, -0.15) is 0 Å². The lowest BCUT2D eigenvalue weighted by Crippen LogP contribution is -1.98. The molecule has 0 saturated carbocycles. The molecule has 0 aromatic rings. The average Bonchev–Trinajstić information content (AvgIpc) is 1.27. The third kappa shape index (κ3) is 6.06. The van der Waals surface area contributed by atoms with E-state index >= 15 is 0 Å². The van der Waals surface area contributed by atoms with Crippen LogP contribution in [0.3, 0.4) is 0 Å². The fraction of sp³-hybridized carbons (Fsp3) is 1.00. The molecule has 0 spiro atoms. The van der Waals surface area contributed by atoms with Crippen LogP contribution in [0.4, 0.5) is 0 Å². The molecule has 0 rings (SSSR count). The number of rotatable bonds is 1. The summed E-state index contributed by atoms with van der Waals surface area (Å²) in [6, 6.07) is 0. The highest BCUT2D eigenvalue weighted by atomic mass is 31.1. The highest BCUT2D eigenvalue weighted by Gasteiger charge is 1.86. The second-order valence-electron chi connectivity index (χ2n) is 1.78. The van der Waals surface area contributed by atoms with E-state index in [0.717, 1.165) is 0 Å². The molecule has 0 amide bonds. The summed E-state index contributed by atoms with van der Waals surface area (Å²) >= 11 is 0. The molecule has 2 nitrogen and oxygen atoms in total. The van der Waals surface area contributed by atoms with E-state index in [2.05, 4.69) is 9.00 Å². The lowest BCUT2D eigenvalue weighted by atomic mass is 11.3. The van der Waals surface area contributed by atoms with E-state index in [-0.39, 0.29) is 0 Å². The van der Waals surface area contributed by atoms with Crippen LogP contribution in [0, 0.1) is 0 Å². The third-order valence-corrected chi connectivity index (χ3v) is 1.07. The van der Waals surface area contributed by atoms with E-state index in [1.54, 1.807) is 0 Å². The van der Waals surface area contributed by atoms with Crippen molar-refractivity contribution in [2.75, 3.05) is 28.2 Å². The Bertz CT molecular complexity index is 73.8. The van der Waals surface area contributed by atoms with Gasteiger partial charge in [-0.05, 0) is 0 Å². The Kier molecular flexibility index (Phi) is 3.14. The van der Waals surface area contributed by atoms with Crippen molar-refractivity contribution in [3.8, 4) is 0 Å². The van der Waals surface area contributed by atoms with Crippen molar-refractivity contribution in [2.45, 2.75) is 0 Å². The van der Waals surface area contributed by atoms with Crippen molar-refractivity contribution in [3.63, 3.8) is 0 Å². The molecule has 0 atom stereocenters. The van der Waals surface area contributed by atoms with Gasteiger partial charge in [0.2, 0.25) is 0 Å². The normalized spacial score (nSPS) is 10.4. The maximum absolute atomic E-state index is 2.10. The number of hydrogen-bond donors (Lipinski definition) is 0. The lowest BCUT2D eigenvalue weighted by molar-refractivity contribution is -0.440. The highest BCUT2D eigenvalue weighted by Crippen LogP contribution is 1.96. The molecule has 0 saturated heterocycles. The van der Waals surface area contributed by atoms with Crippen LogP contribution in [-0.4, -0.2) is 37.2 Å². The van der Waals surface area contributed by atoms with E-state index in [1.807, 2.05) is 28.2 Å². The molecule has 0 unspecified atom stereocenters. The summed E-state index contributed by atoms with van der Waals surface area (Å²) in [6.07, 6.45) is 0. The first kappa shape index (κ1) is 7.06. The summed E-state index contributed by atoms with van der Waals surface area (Å²) in [5.74, 6) is 0. The fourth-order valence-corrected chi connectivity index (χ4v) is 1.07. The Hall–Kier alpha value is 0.0600. The lowest BCUT2D eigenvalue weighted by Gasteiger charge is -1.91. The molecular formula is C4H12N2P+. The second kappa shape index (κ2) is 3.11. The Balaban J connectivity index is 3.45. The van der Waals surface area contributed by atoms with Gasteiger partial charge in [0.15, 0.2) is 0 Å². The Morgan fingerprint density at radius 2 is 1.71 bits per heavy atom. The van der Waals surface area contributed by atoms with Gasteiger partial charge in [-0.1, -0.05) is 0 Å². The van der Waals surface area contributed by atoms with Gasteiger partial charge < -0.3 is 0 Å². The van der Waals surface area contributed by atoms with Crippen molar-refractivity contribution >= 4 is 8.52 Å². The van der Waals surface area contributed by atoms with Crippen LogP contribution in [0.15, 0.2) is 0 Å². The van der Waals surface area contributed by atoms with Gasteiger partial charge in [0.05, 0.1) is 0 Å². The van der Waals surface area contributed by atoms with Crippen LogP contribution < -0.4 is 0 Å². The minimum absolute atomic E-state index is 1.24. The zero-order valence-corrected chi connectivity index (χ0v) is 6.24. The minimum atomic E-state index is 1.24. The summed E-state index contributed by atoms with van der Waals surface area (Å²) in [7, 11) is 9.42. The fourth-order valence-electron chi connectivity index (χ4n) is 0.358. The van der Waals surface area contributed by atoms with E-state index < -0.39 is 0 Å². The smallest absolute Gasteiger partial charge is 0.212 e. The second-order valence-corrected chi connectivity index (χ2v) is 3.56. The van der Waals surface area contributed by atoms with Crippen LogP contribution in [0.5, 0.6) is 0 Å². The maximum atomic E-state index is 2.10. The van der Waals surface area contributed by atoms with Gasteiger partial charge in [0.25, 0.3) is 0 Å². The van der Waals surface area contributed by atoms with Crippen molar-refractivity contribution in [1.29, 1.82) is 0 Å². The standard InChI is InChI=1S/C4H12N2P/c1-5(2)7-6(3)4/h1-4H3/q+1. The maximum Gasteiger partial charge on any atom is 0.307 e. The van der Waals surface area contributed by atoms with Crippen molar-refractivity contribution in [2.24, 2.45) is 0 Å². The van der Waals surface area contributed by atoms with Gasteiger partial charge in [-0.15, -0.1) is 0 Å². The van der Waals surface area contributed by atoms with Crippen molar-refractivity contribution < 1.29 is 4.33 Å². The Labute approximate surface area is 46.7 Å². The van der Waals surface area contributed by atoms with E-state index in [0.29, 0.717) is 0 Å². The molecule has 0 fully saturated rings. The Morgan fingerprint density at radius 1 is 1.29 bits per heavy atom. The van der Waals surface area contributed by atoms with Gasteiger partial charge >= 0.3 is 8.52 Å². The quantitative estimate of drug-likeness (QED) is 0.464. The topological polar surface area (TPSA) is 6.25 Å². The minimum Gasteiger partial charge on any atom is -0.212 e. The van der Waals surface area contributed by atoms with E-state index in [9.17, 15) is 0 Å². The first-order valence-electron chi connectivity index (χ1n) is 2.19. The number of hydrogen-bond acceptors (Lipinski definition) is 0. The summed E-state index contributed by atoms with van der Waals surface area (Å²) in [6.45, 7) is 0. The van der Waals surface area contributed by atoms with Crippen molar-refractivity contribution in [1.82, 2.24) is 4.67 Å². The molecule has 0 N–H and O–H groups in total. The first-order chi connectivity index (χ1) is 3.13. The summed E-state index contributed by atoms with van der Waals surface area (Å²) < 4.78 is 4.19. The SMILES string of the molecule is CN(C)P=[N+](C)C. The van der Waals surface area contributed by atoms with Crippen LogP contribution in [0.2, 0.25) is 0 Å². The molecule has 0 aromatic heterocycles. The van der Waals surface area contributed by atoms with Crippen LogP contribution >= 0.6 is 8.52 Å². The molecule has 0 aromatic carbocycles. The van der Waals surface area contributed by atoms with Gasteiger partial charge in [-0.3, -0.25) is 0 Å². The molecule has 0 heterocycles. The molecule has 7 heavy (non-hydrogen) atoms. The zero-order valence-electron chi connectivity index (χ0n) is 5.34. The molecular weight excluding hydrogens is 107 g/mol. The van der Waals surface area contributed by atoms with Crippen LogP contribution in [-0.2, 0) is 0 Å². The van der Waals surface area contributed by atoms with E-state index in [4.69, 9.17) is 0 Å². The molecule has 0 aliphatic rings. The third-order valence-electron chi connectivity index (χ3n) is 0.358. The van der Waals surface area contributed by atoms with Crippen LogP contribution in [0.1, 0.15) is 0 Å². The molecule has 0 aliphatic carbocycles. The average molecular weight is 119 g/mol. The molecule has 3 heteroatoms. The van der Waals surface area contributed by atoms with Gasteiger partial charge in [-0.25, -0.2) is 9.00 Å². The van der Waals surface area contributed by atoms with Gasteiger partial charge in [0, 0.05) is 14.1 Å². The number of nitrogens with zero attached hydrogens (tertiary/aromatic N) is 2. The molecule has 0 bridgehead atoms. The summed E-state index contributed by atoms with van der Waals surface area (Å²) in [5.41, 5.74) is 0. The predicted octanol–water partition coefficient (Wildman–Crippen LogP) is 0.865. The van der Waals surface area contributed by atoms with Crippen LogP contribution in [0.25, 0.3) is 0 Å². The van der Waals surface area contributed by atoms with E-state index in [1.165, 1.54) is 8.52 Å². The van der Waals surface area contributed by atoms with Gasteiger partial charge in [0.1, 0.15) is 14.1 Å². The Morgan fingerprint density at radius 3 is 1.71 bits per heavy atom. The van der Waals surface area contributed by atoms with Crippen molar-refractivity contribution in [3.05, 3.63) is 0 Å². The summed E-state index contributed by atoms with van der Waals surface area (Å²) in [4.78, 5) is 0. The zero-order chi connectivity index (χ0) is 5.86. The monoisotopic (exact) mass is 119 g/mol. The summed E-state index contributed by atoms with van der Waals surface area (Å²) in [5, 5.41) is 0. The molecule has 0 radical (unpaired) electrons. The largest absolute Gasteiger partial charge is 0.307 e. The predicted molar refractivity (Wildman–Crippen MR) is 32.7 cm³/mol.